The molecular weight excluding hydrogens is 566 g/mol. The number of carbonyl (C=O) groups excluding carboxylic acids is 2. The summed E-state index contributed by atoms with van der Waals surface area (Å²) in [7, 11) is 0. The number of nitrogens with zero attached hydrogens (tertiary/aromatic N) is 4. The summed E-state index contributed by atoms with van der Waals surface area (Å²) in [6.07, 6.45) is 8.22. The molecule has 7 nitrogen and oxygen atoms in total. The van der Waals surface area contributed by atoms with Gasteiger partial charge in [-0.05, 0) is 69.6 Å². The van der Waals surface area contributed by atoms with Gasteiger partial charge in [-0.15, -0.1) is 0 Å². The first-order valence-corrected chi connectivity index (χ1v) is 14.3. The Bertz CT molecular complexity index is 1270. The molecule has 1 aromatic carbocycles. The van der Waals surface area contributed by atoms with Crippen molar-refractivity contribution in [3.63, 3.8) is 0 Å². The molecule has 1 saturated heterocycles. The standard InChI is InChI=1S/C29H31BrClN5O2/c1-2-4-26(37)36-12-11-35(18-25(36)29(38)34-16-19-5-3-10-32-15-19)28-24-9-8-23(31)14-20(24)6-7-21-13-22(30)17-33-27(21)28/h3,5,8-10,13-15,17,25,28,31H,2,4,6-7,11-12,16,18H2,1H3/p+1. The van der Waals surface area contributed by atoms with Crippen molar-refractivity contribution in [2.75, 3.05) is 19.6 Å². The molecule has 2 aromatic heterocycles. The molecule has 3 aromatic rings. The van der Waals surface area contributed by atoms with Gasteiger partial charge in [-0.1, -0.05) is 19.1 Å². The molecule has 3 heterocycles. The Labute approximate surface area is 236 Å². The highest BCUT2D eigenvalue weighted by molar-refractivity contribution is 9.10. The Hall–Kier alpha value is -2.81. The van der Waals surface area contributed by atoms with Gasteiger partial charge in [0.25, 0.3) is 0 Å². The number of hydrogen-bond donors (Lipinski definition) is 1. The van der Waals surface area contributed by atoms with Crippen LogP contribution in [0.25, 0.3) is 0 Å². The minimum Gasteiger partial charge on any atom is -0.350 e. The van der Waals surface area contributed by atoms with Gasteiger partial charge in [-0.2, -0.15) is 0 Å². The van der Waals surface area contributed by atoms with Crippen LogP contribution in [0.1, 0.15) is 53.8 Å². The zero-order valence-corrected chi connectivity index (χ0v) is 23.8. The second-order valence-corrected chi connectivity index (χ2v) is 11.3. The van der Waals surface area contributed by atoms with Crippen molar-refractivity contribution in [3.05, 3.63) is 92.4 Å². The number of benzene rings is 1. The predicted molar refractivity (Wildman–Crippen MR) is 146 cm³/mol. The zero-order chi connectivity index (χ0) is 26.6. The summed E-state index contributed by atoms with van der Waals surface area (Å²) in [6.45, 7) is 3.91. The molecule has 198 valence electrons. The van der Waals surface area contributed by atoms with Gasteiger partial charge < -0.3 is 10.2 Å². The van der Waals surface area contributed by atoms with E-state index in [1.54, 1.807) is 17.3 Å². The number of hydrogen-bond acceptors (Lipinski definition) is 5. The average molecular weight is 598 g/mol. The van der Waals surface area contributed by atoms with E-state index >= 15 is 0 Å². The van der Waals surface area contributed by atoms with Crippen LogP contribution in [0.5, 0.6) is 0 Å². The molecule has 2 atom stereocenters. The maximum Gasteiger partial charge on any atom is 0.244 e. The van der Waals surface area contributed by atoms with E-state index in [0.717, 1.165) is 40.0 Å². The summed E-state index contributed by atoms with van der Waals surface area (Å²) in [5.74, 6) is -0.130. The van der Waals surface area contributed by atoms with Gasteiger partial charge in [0.05, 0.1) is 11.7 Å². The van der Waals surface area contributed by atoms with E-state index < -0.39 is 6.04 Å². The van der Waals surface area contributed by atoms with Crippen molar-refractivity contribution in [2.45, 2.75) is 51.2 Å². The van der Waals surface area contributed by atoms with Crippen molar-refractivity contribution in [3.8, 4) is 0 Å². The van der Waals surface area contributed by atoms with Gasteiger partial charge in [0.15, 0.2) is 11.6 Å². The fraction of sp³-hybridized carbons (Fsp3) is 0.379. The normalized spacial score (nSPS) is 19.3. The van der Waals surface area contributed by atoms with Crippen molar-refractivity contribution in [1.29, 1.82) is 0 Å². The molecule has 1 fully saturated rings. The van der Waals surface area contributed by atoms with Crippen LogP contribution in [-0.2, 0) is 29.0 Å². The van der Waals surface area contributed by atoms with Gasteiger partial charge in [0.1, 0.15) is 6.04 Å². The largest absolute Gasteiger partial charge is 0.350 e. The molecule has 1 aliphatic carbocycles. The Morgan fingerprint density at radius 1 is 1.13 bits per heavy atom. The summed E-state index contributed by atoms with van der Waals surface area (Å²) in [5, 5.41) is 3.87. The fourth-order valence-electron chi connectivity index (χ4n) is 5.52. The molecule has 2 aliphatic rings. The van der Waals surface area contributed by atoms with E-state index in [-0.39, 0.29) is 17.9 Å². The van der Waals surface area contributed by atoms with Crippen LogP contribution in [0.15, 0.2) is 59.5 Å². The molecule has 1 aliphatic heterocycles. The number of aryl methyl sites for hydroxylation is 2. The van der Waals surface area contributed by atoms with Gasteiger partial charge in [0, 0.05) is 67.8 Å². The Morgan fingerprint density at radius 2 is 1.97 bits per heavy atom. The fourth-order valence-corrected chi connectivity index (χ4v) is 6.11. The molecule has 2 unspecified atom stereocenters. The van der Waals surface area contributed by atoms with E-state index in [4.69, 9.17) is 16.6 Å². The van der Waals surface area contributed by atoms with E-state index in [1.165, 1.54) is 16.7 Å². The molecule has 0 radical (unpaired) electrons. The third-order valence-electron chi connectivity index (χ3n) is 7.35. The summed E-state index contributed by atoms with van der Waals surface area (Å²) >= 11 is 9.08. The third kappa shape index (κ3) is 5.77. The average Bonchev–Trinajstić information content (AvgIpc) is 3.08. The molecule has 2 amide bonds. The monoisotopic (exact) mass is 596 g/mol. The maximum absolute atomic E-state index is 13.6. The van der Waals surface area contributed by atoms with Gasteiger partial charge in [-0.25, -0.2) is 0 Å². The lowest BCUT2D eigenvalue weighted by Gasteiger charge is -2.44. The lowest BCUT2D eigenvalue weighted by atomic mass is 9.95. The molecule has 1 N–H and O–H groups in total. The molecule has 9 heteroatoms. The van der Waals surface area contributed by atoms with Crippen molar-refractivity contribution < 1.29 is 21.2 Å². The third-order valence-corrected chi connectivity index (χ3v) is 8.04. The van der Waals surface area contributed by atoms with Crippen LogP contribution in [-0.4, -0.2) is 57.3 Å². The SMILES string of the molecule is CCCC(=O)N1CCN(C2c3ccc([ClH+])cc3CCc3cc(Br)cnc32)CC1C(=O)NCc1cccnc1. The van der Waals surface area contributed by atoms with Crippen molar-refractivity contribution in [1.82, 2.24) is 25.1 Å². The summed E-state index contributed by atoms with van der Waals surface area (Å²) in [6, 6.07) is 11.4. The molecule has 5 rings (SSSR count). The lowest BCUT2D eigenvalue weighted by Crippen LogP contribution is -2.61. The predicted octanol–water partition coefficient (Wildman–Crippen LogP) is 3.75. The number of amides is 2. The number of fused-ring (bicyclic) bond motifs is 2. The van der Waals surface area contributed by atoms with Crippen LogP contribution in [0.3, 0.4) is 0 Å². The van der Waals surface area contributed by atoms with E-state index in [2.05, 4.69) is 49.3 Å². The maximum atomic E-state index is 13.6. The molecule has 38 heavy (non-hydrogen) atoms. The van der Waals surface area contributed by atoms with Crippen LogP contribution in [0, 0.1) is 11.6 Å². The first-order valence-electron chi connectivity index (χ1n) is 13.1. The first kappa shape index (κ1) is 26.8. The number of rotatable bonds is 6. The smallest absolute Gasteiger partial charge is 0.244 e. The van der Waals surface area contributed by atoms with Crippen LogP contribution in [0.2, 0.25) is 5.02 Å². The summed E-state index contributed by atoms with van der Waals surface area (Å²) in [4.78, 5) is 39.8. The second kappa shape index (κ2) is 11.9. The number of aromatic nitrogens is 2. The number of piperazine rings is 1. The second-order valence-electron chi connectivity index (χ2n) is 9.89. The van der Waals surface area contributed by atoms with Crippen molar-refractivity contribution >= 4 is 27.7 Å². The lowest BCUT2D eigenvalue weighted by molar-refractivity contribution is -0.289. The highest BCUT2D eigenvalue weighted by atomic mass is 79.9. The number of nitrogens with one attached hydrogen (secondary N) is 1. The number of halogens is 2. The van der Waals surface area contributed by atoms with E-state index in [9.17, 15) is 9.59 Å². The van der Waals surface area contributed by atoms with Gasteiger partial charge >= 0.3 is 0 Å². The number of pyridine rings is 2. The van der Waals surface area contributed by atoms with Gasteiger partial charge in [-0.3, -0.25) is 24.5 Å². The quantitative estimate of drug-likeness (QED) is 0.468. The molecular formula is C29H32BrClN5O2+. The summed E-state index contributed by atoms with van der Waals surface area (Å²) in [5.41, 5.74) is 5.51. The first-order chi connectivity index (χ1) is 18.4. The highest BCUT2D eigenvalue weighted by Gasteiger charge is 2.40. The Kier molecular flexibility index (Phi) is 8.41. The van der Waals surface area contributed by atoms with Crippen molar-refractivity contribution in [2.24, 2.45) is 0 Å². The summed E-state index contributed by atoms with van der Waals surface area (Å²) < 4.78 is 0.951. The zero-order valence-electron chi connectivity index (χ0n) is 21.4. The molecule has 0 spiro atoms. The van der Waals surface area contributed by atoms with Crippen LogP contribution < -0.4 is 5.32 Å². The Balaban J connectivity index is 1.48. The minimum absolute atomic E-state index is 0.0214. The van der Waals surface area contributed by atoms with E-state index in [0.29, 0.717) is 32.6 Å². The van der Waals surface area contributed by atoms with Gasteiger partial charge in [0.2, 0.25) is 16.8 Å². The van der Waals surface area contributed by atoms with Crippen LogP contribution >= 0.6 is 15.9 Å². The minimum atomic E-state index is -0.594. The number of carbonyl (C=O) groups is 2. The molecule has 0 saturated carbocycles. The van der Waals surface area contributed by atoms with Crippen LogP contribution in [0.4, 0.5) is 0 Å². The van der Waals surface area contributed by atoms with E-state index in [1.807, 2.05) is 31.3 Å². The molecule has 0 bridgehead atoms. The topological polar surface area (TPSA) is 78.4 Å². The highest BCUT2D eigenvalue weighted by Crippen LogP contribution is 2.38. The Morgan fingerprint density at radius 3 is 2.76 bits per heavy atom.